The van der Waals surface area contributed by atoms with Crippen molar-refractivity contribution in [1.82, 2.24) is 0 Å². The summed E-state index contributed by atoms with van der Waals surface area (Å²) in [5.41, 5.74) is 0. The molecule has 0 aromatic heterocycles. The molecule has 0 radical (unpaired) electrons. The summed E-state index contributed by atoms with van der Waals surface area (Å²) in [6, 6.07) is 0. The van der Waals surface area contributed by atoms with Gasteiger partial charge in [0.1, 0.15) is 0 Å². The van der Waals surface area contributed by atoms with Crippen molar-refractivity contribution >= 4 is 0 Å². The van der Waals surface area contributed by atoms with Gasteiger partial charge in [-0.25, -0.2) is 0 Å². The average molecular weight is 899 g/mol. The van der Waals surface area contributed by atoms with Crippen LogP contribution in [0.2, 0.25) is 0 Å². The largest absolute Gasteiger partial charge is 0 e. The Hall–Kier alpha value is 7.38. The Morgan fingerprint density at radius 3 is 0.125 bits per heavy atom. The zero-order valence-electron chi connectivity index (χ0n) is 5.66. The molecule has 0 aliphatic carbocycles. The van der Waals surface area contributed by atoms with Gasteiger partial charge in [0.05, 0.1) is 0 Å². The van der Waals surface area contributed by atoms with Crippen LogP contribution in [0.5, 0.6) is 0 Å². The second-order valence-electron chi connectivity index (χ2n) is 0. The van der Waals surface area contributed by atoms with E-state index in [1.165, 1.54) is 0 Å². The van der Waals surface area contributed by atoms with E-state index in [1.807, 2.05) is 0 Å². The Labute approximate surface area is 212 Å². The summed E-state index contributed by atoms with van der Waals surface area (Å²) in [4.78, 5) is 0. The van der Waals surface area contributed by atoms with Crippen LogP contribution in [0.15, 0.2) is 0 Å². The molecule has 0 rings (SSSR count). The van der Waals surface area contributed by atoms with Gasteiger partial charge in [-0.3, -0.25) is 0 Å². The molecular formula is Cd8. The van der Waals surface area contributed by atoms with Gasteiger partial charge in [0.25, 0.3) is 0 Å². The van der Waals surface area contributed by atoms with Crippen molar-refractivity contribution in [1.29, 1.82) is 0 Å². The molecule has 8 heteroatoms. The van der Waals surface area contributed by atoms with Crippen molar-refractivity contribution in [3.05, 3.63) is 0 Å². The van der Waals surface area contributed by atoms with Crippen LogP contribution in [0.3, 0.4) is 0 Å². The summed E-state index contributed by atoms with van der Waals surface area (Å²) >= 11 is 0. The third-order valence-corrected chi connectivity index (χ3v) is 0. The predicted octanol–water partition coefficient (Wildman–Crippen LogP) is -0.0200. The molecule has 0 aromatic rings. The quantitative estimate of drug-likeness (QED) is 0.301. The molecule has 0 aliphatic rings. The van der Waals surface area contributed by atoms with Gasteiger partial charge in [-0.05, 0) is 0 Å². The molecule has 0 fully saturated rings. The summed E-state index contributed by atoms with van der Waals surface area (Å²) in [6.45, 7) is 0. The third-order valence-electron chi connectivity index (χ3n) is 0. The molecule has 0 nitrogen and oxygen atoms in total. The molecule has 0 saturated carbocycles. The van der Waals surface area contributed by atoms with Gasteiger partial charge in [-0.2, -0.15) is 0 Å². The monoisotopic (exact) mass is 911 g/mol. The summed E-state index contributed by atoms with van der Waals surface area (Å²) in [5.74, 6) is 0. The van der Waals surface area contributed by atoms with Crippen molar-refractivity contribution in [3.8, 4) is 0 Å². The fourth-order valence-corrected chi connectivity index (χ4v) is 0. The number of hydrogen-bond donors (Lipinski definition) is 0. The molecule has 0 bridgehead atoms. The molecule has 0 amide bonds. The molecule has 0 heterocycles. The van der Waals surface area contributed by atoms with Crippen LogP contribution in [-0.2, 0) is 218 Å². The van der Waals surface area contributed by atoms with Gasteiger partial charge < -0.3 is 0 Å². The van der Waals surface area contributed by atoms with Gasteiger partial charge in [-0.1, -0.05) is 0 Å². The minimum atomic E-state index is 0. The van der Waals surface area contributed by atoms with Crippen molar-refractivity contribution in [2.24, 2.45) is 0 Å². The minimum absolute atomic E-state index is 0. The van der Waals surface area contributed by atoms with E-state index in [9.17, 15) is 0 Å². The molecule has 0 spiro atoms. The van der Waals surface area contributed by atoms with Gasteiger partial charge in [0, 0.05) is 218 Å². The van der Waals surface area contributed by atoms with E-state index < -0.39 is 0 Å². The van der Waals surface area contributed by atoms with Crippen LogP contribution in [0, 0.1) is 0 Å². The Morgan fingerprint density at radius 1 is 0.125 bits per heavy atom. The second-order valence-corrected chi connectivity index (χ2v) is 0. The van der Waals surface area contributed by atoms with E-state index >= 15 is 0 Å². The zero-order valence-corrected chi connectivity index (χ0v) is 37.9. The molecule has 8 heavy (non-hydrogen) atoms. The summed E-state index contributed by atoms with van der Waals surface area (Å²) < 4.78 is 0. The minimum Gasteiger partial charge on any atom is 0 e. The summed E-state index contributed by atoms with van der Waals surface area (Å²) in [6.07, 6.45) is 0. The van der Waals surface area contributed by atoms with Crippen molar-refractivity contribution in [2.75, 3.05) is 0 Å². The standard InChI is InChI=1S/8Cd. The van der Waals surface area contributed by atoms with E-state index in [0.717, 1.165) is 0 Å². The van der Waals surface area contributed by atoms with E-state index in [-0.39, 0.29) is 218 Å². The molecule has 0 aliphatic heterocycles. The first-order valence-corrected chi connectivity index (χ1v) is 0. The van der Waals surface area contributed by atoms with Crippen molar-refractivity contribution in [3.63, 3.8) is 0 Å². The van der Waals surface area contributed by atoms with Crippen LogP contribution in [0.4, 0.5) is 0 Å². The molecule has 0 atom stereocenters. The van der Waals surface area contributed by atoms with Crippen LogP contribution in [0.25, 0.3) is 0 Å². The topological polar surface area (TPSA) is 0 Å². The Kier molecular flexibility index (Phi) is 345. The van der Waals surface area contributed by atoms with Gasteiger partial charge in [0.15, 0.2) is 0 Å². The first-order valence-electron chi connectivity index (χ1n) is 0. The van der Waals surface area contributed by atoms with E-state index in [2.05, 4.69) is 0 Å². The fourth-order valence-electron chi connectivity index (χ4n) is 0. The SMILES string of the molecule is [Cd].[Cd].[Cd].[Cd].[Cd].[Cd].[Cd].[Cd]. The van der Waals surface area contributed by atoms with Gasteiger partial charge >= 0.3 is 0 Å². The number of hydrogen-bond acceptors (Lipinski definition) is 0. The smallest absolute Gasteiger partial charge is 0 e. The zero-order chi connectivity index (χ0) is 0. The maximum atomic E-state index is 0. The average Bonchev–Trinajstić information content (AvgIpc) is 0. The molecule has 0 saturated heterocycles. The molecule has 0 aromatic carbocycles. The summed E-state index contributed by atoms with van der Waals surface area (Å²) in [7, 11) is 0. The Bertz CT molecular complexity index is 0. The Morgan fingerprint density at radius 2 is 0.125 bits per heavy atom. The molecule has 16 valence electrons. The first-order chi connectivity index (χ1) is 0. The third kappa shape index (κ3) is 37.7. The van der Waals surface area contributed by atoms with Gasteiger partial charge in [0.2, 0.25) is 0 Å². The number of rotatable bonds is 0. The normalized spacial score (nSPS) is 0. The van der Waals surface area contributed by atoms with Crippen LogP contribution in [-0.4, -0.2) is 0 Å². The first kappa shape index (κ1) is 58.4. The van der Waals surface area contributed by atoms with Gasteiger partial charge in [-0.15, -0.1) is 0 Å². The van der Waals surface area contributed by atoms with Crippen LogP contribution in [0.1, 0.15) is 0 Å². The van der Waals surface area contributed by atoms with E-state index in [4.69, 9.17) is 0 Å². The second kappa shape index (κ2) is 47.3. The maximum Gasteiger partial charge on any atom is 0 e. The van der Waals surface area contributed by atoms with E-state index in [1.54, 1.807) is 0 Å². The maximum absolute atomic E-state index is 0. The van der Waals surface area contributed by atoms with Crippen LogP contribution < -0.4 is 0 Å². The van der Waals surface area contributed by atoms with Crippen molar-refractivity contribution in [2.45, 2.75) is 0 Å². The molecular weight excluding hydrogens is 899 g/mol. The summed E-state index contributed by atoms with van der Waals surface area (Å²) in [5, 5.41) is 0. The molecule has 0 N–H and O–H groups in total. The van der Waals surface area contributed by atoms with E-state index in [0.29, 0.717) is 0 Å². The molecule has 0 unspecified atom stereocenters. The predicted molar refractivity (Wildman–Crippen MR) is 0 cm³/mol. The van der Waals surface area contributed by atoms with Crippen molar-refractivity contribution < 1.29 is 218 Å². The fraction of sp³-hybridized carbons (Fsp3) is 0. The Balaban J connectivity index is 0. The van der Waals surface area contributed by atoms with Crippen LogP contribution >= 0.6 is 0 Å².